The summed E-state index contributed by atoms with van der Waals surface area (Å²) in [6, 6.07) is 0.0320. The Morgan fingerprint density at radius 1 is 1.00 bits per heavy atom. The van der Waals surface area contributed by atoms with Gasteiger partial charge >= 0.3 is 0 Å². The van der Waals surface area contributed by atoms with Gasteiger partial charge in [-0.25, -0.2) is 0 Å². The van der Waals surface area contributed by atoms with E-state index in [1.807, 2.05) is 4.90 Å². The Balaban J connectivity index is 1.26. The second-order valence-electron chi connectivity index (χ2n) is 9.11. The molecular weight excluding hydrogens is 370 g/mol. The minimum atomic E-state index is -0.498. The van der Waals surface area contributed by atoms with E-state index in [9.17, 15) is 14.7 Å². The molecule has 3 fully saturated rings. The normalized spacial score (nSPS) is 28.3. The van der Waals surface area contributed by atoms with Gasteiger partial charge in [-0.15, -0.1) is 0 Å². The second kappa shape index (κ2) is 7.72. The number of aromatic amines is 1. The molecule has 5 rings (SSSR count). The van der Waals surface area contributed by atoms with E-state index in [-0.39, 0.29) is 23.8 Å². The quantitative estimate of drug-likeness (QED) is 0.780. The average molecular weight is 402 g/mol. The first-order chi connectivity index (χ1) is 14.1. The number of nitrogens with zero attached hydrogens (tertiary/aromatic N) is 4. The molecule has 2 N–H and O–H groups in total. The van der Waals surface area contributed by atoms with Gasteiger partial charge in [0, 0.05) is 31.1 Å². The van der Waals surface area contributed by atoms with E-state index >= 15 is 0 Å². The standard InChI is InChI=1S/C21H31N5O3/c27-18-13-26(12-17(18)24-8-2-1-3-9-24)21(29)19-15-7-10-25(11-16(15)22-23-19)20(28)14-5-4-6-14/h14,17-18,27H,1-13H2,(H,22,23)/t17-,18-/m0/s1. The maximum atomic E-state index is 13.2. The zero-order valence-electron chi connectivity index (χ0n) is 17.0. The minimum Gasteiger partial charge on any atom is -0.390 e. The number of hydrogen-bond donors (Lipinski definition) is 2. The number of fused-ring (bicyclic) bond motifs is 1. The first kappa shape index (κ1) is 19.1. The van der Waals surface area contributed by atoms with E-state index in [1.54, 1.807) is 4.90 Å². The van der Waals surface area contributed by atoms with E-state index in [1.165, 1.54) is 19.3 Å². The van der Waals surface area contributed by atoms with Crippen LogP contribution >= 0.6 is 0 Å². The summed E-state index contributed by atoms with van der Waals surface area (Å²) in [6.45, 7) is 4.12. The lowest BCUT2D eigenvalue weighted by atomic mass is 9.84. The molecular formula is C21H31N5O3. The van der Waals surface area contributed by atoms with Crippen LogP contribution in [0, 0.1) is 5.92 Å². The number of amides is 2. The van der Waals surface area contributed by atoms with E-state index in [0.717, 1.165) is 43.6 Å². The number of carbonyl (C=O) groups excluding carboxylic acids is 2. The minimum absolute atomic E-state index is 0.0320. The van der Waals surface area contributed by atoms with Gasteiger partial charge in [-0.3, -0.25) is 19.6 Å². The van der Waals surface area contributed by atoms with E-state index in [0.29, 0.717) is 38.3 Å². The van der Waals surface area contributed by atoms with Crippen LogP contribution in [0.4, 0.5) is 0 Å². The third kappa shape index (κ3) is 3.46. The van der Waals surface area contributed by atoms with Crippen molar-refractivity contribution in [3.8, 4) is 0 Å². The molecule has 2 saturated heterocycles. The van der Waals surface area contributed by atoms with E-state index in [4.69, 9.17) is 0 Å². The van der Waals surface area contributed by atoms with E-state index < -0.39 is 6.10 Å². The summed E-state index contributed by atoms with van der Waals surface area (Å²) >= 11 is 0. The van der Waals surface area contributed by atoms with Crippen LogP contribution in [-0.4, -0.2) is 86.7 Å². The largest absolute Gasteiger partial charge is 0.390 e. The number of rotatable bonds is 3. The van der Waals surface area contributed by atoms with Crippen molar-refractivity contribution in [3.05, 3.63) is 17.0 Å². The molecule has 4 heterocycles. The fourth-order valence-corrected chi connectivity index (χ4v) is 5.29. The van der Waals surface area contributed by atoms with Crippen molar-refractivity contribution in [2.24, 2.45) is 5.92 Å². The third-order valence-electron chi connectivity index (χ3n) is 7.31. The lowest BCUT2D eigenvalue weighted by molar-refractivity contribution is -0.139. The number of aromatic nitrogens is 2. The molecule has 29 heavy (non-hydrogen) atoms. The SMILES string of the molecule is O=C(c1n[nH]c2c1CCN(C(=O)C1CCC1)C2)N1C[C@H](O)[C@@H](N2CCCCC2)C1. The molecule has 0 aromatic carbocycles. The third-order valence-corrected chi connectivity index (χ3v) is 7.31. The van der Waals surface area contributed by atoms with Crippen molar-refractivity contribution in [1.82, 2.24) is 24.9 Å². The first-order valence-corrected chi connectivity index (χ1v) is 11.2. The van der Waals surface area contributed by atoms with Crippen LogP contribution in [0.25, 0.3) is 0 Å². The molecule has 4 aliphatic rings. The fraction of sp³-hybridized carbons (Fsp3) is 0.762. The number of aliphatic hydroxyl groups is 1. The molecule has 0 radical (unpaired) electrons. The lowest BCUT2D eigenvalue weighted by Gasteiger charge is -2.34. The van der Waals surface area contributed by atoms with Crippen LogP contribution in [0.3, 0.4) is 0 Å². The van der Waals surface area contributed by atoms with Gasteiger partial charge < -0.3 is 14.9 Å². The summed E-state index contributed by atoms with van der Waals surface area (Å²) in [5.74, 6) is 0.342. The zero-order valence-corrected chi connectivity index (χ0v) is 17.0. The van der Waals surface area contributed by atoms with Crippen molar-refractivity contribution in [3.63, 3.8) is 0 Å². The molecule has 0 spiro atoms. The monoisotopic (exact) mass is 401 g/mol. The molecule has 8 heteroatoms. The van der Waals surface area contributed by atoms with Crippen LogP contribution in [0.1, 0.15) is 60.3 Å². The van der Waals surface area contributed by atoms with Gasteiger partial charge in [0.1, 0.15) is 0 Å². The highest BCUT2D eigenvalue weighted by atomic mass is 16.3. The Labute approximate surface area is 171 Å². The van der Waals surface area contributed by atoms with Gasteiger partial charge in [-0.1, -0.05) is 12.8 Å². The van der Waals surface area contributed by atoms with Crippen LogP contribution in [0.5, 0.6) is 0 Å². The van der Waals surface area contributed by atoms with Gasteiger partial charge in [0.05, 0.1) is 24.4 Å². The zero-order chi connectivity index (χ0) is 20.0. The second-order valence-corrected chi connectivity index (χ2v) is 9.11. The van der Waals surface area contributed by atoms with Crippen molar-refractivity contribution >= 4 is 11.8 Å². The topological polar surface area (TPSA) is 92.8 Å². The number of piperidine rings is 1. The Morgan fingerprint density at radius 3 is 2.52 bits per heavy atom. The molecule has 1 aromatic heterocycles. The van der Waals surface area contributed by atoms with Crippen molar-refractivity contribution in [2.75, 3.05) is 32.7 Å². The molecule has 0 bridgehead atoms. The molecule has 1 aliphatic carbocycles. The molecule has 2 atom stereocenters. The molecule has 158 valence electrons. The molecule has 3 aliphatic heterocycles. The predicted octanol–water partition coefficient (Wildman–Crippen LogP) is 0.766. The highest BCUT2D eigenvalue weighted by Crippen LogP contribution is 2.31. The number of β-amino-alcohol motifs (C(OH)–C–C–N with tert-alkyl or cyclic N) is 1. The van der Waals surface area contributed by atoms with Crippen LogP contribution in [-0.2, 0) is 17.8 Å². The Bertz CT molecular complexity index is 783. The molecule has 0 unspecified atom stereocenters. The van der Waals surface area contributed by atoms with Gasteiger partial charge in [0.2, 0.25) is 5.91 Å². The Hall–Kier alpha value is -1.93. The maximum absolute atomic E-state index is 13.2. The maximum Gasteiger partial charge on any atom is 0.274 e. The molecule has 1 aromatic rings. The Kier molecular flexibility index (Phi) is 5.07. The van der Waals surface area contributed by atoms with Gasteiger partial charge in [0.15, 0.2) is 5.69 Å². The Morgan fingerprint density at radius 2 is 1.79 bits per heavy atom. The number of H-pyrrole nitrogens is 1. The lowest BCUT2D eigenvalue weighted by Crippen LogP contribution is -2.46. The summed E-state index contributed by atoms with van der Waals surface area (Å²) in [5, 5.41) is 17.9. The molecule has 2 amide bonds. The number of carbonyl (C=O) groups is 2. The van der Waals surface area contributed by atoms with Crippen molar-refractivity contribution < 1.29 is 14.7 Å². The number of hydrogen-bond acceptors (Lipinski definition) is 5. The van der Waals surface area contributed by atoms with Crippen LogP contribution in [0.15, 0.2) is 0 Å². The van der Waals surface area contributed by atoms with Crippen molar-refractivity contribution in [2.45, 2.75) is 63.6 Å². The van der Waals surface area contributed by atoms with Crippen LogP contribution < -0.4 is 0 Å². The predicted molar refractivity (Wildman–Crippen MR) is 106 cm³/mol. The molecule has 8 nitrogen and oxygen atoms in total. The number of nitrogens with one attached hydrogen (secondary N) is 1. The average Bonchev–Trinajstić information content (AvgIpc) is 3.30. The number of aliphatic hydroxyl groups excluding tert-OH is 1. The smallest absolute Gasteiger partial charge is 0.274 e. The van der Waals surface area contributed by atoms with Gasteiger partial charge in [0.25, 0.3) is 5.91 Å². The highest BCUT2D eigenvalue weighted by molar-refractivity contribution is 5.94. The summed E-state index contributed by atoms with van der Waals surface area (Å²) < 4.78 is 0. The summed E-state index contributed by atoms with van der Waals surface area (Å²) in [5.41, 5.74) is 2.31. The van der Waals surface area contributed by atoms with Crippen LogP contribution in [0.2, 0.25) is 0 Å². The summed E-state index contributed by atoms with van der Waals surface area (Å²) in [6.07, 6.45) is 6.91. The fourth-order valence-electron chi connectivity index (χ4n) is 5.29. The summed E-state index contributed by atoms with van der Waals surface area (Å²) in [4.78, 5) is 31.7. The van der Waals surface area contributed by atoms with E-state index in [2.05, 4.69) is 15.1 Å². The van der Waals surface area contributed by atoms with Crippen molar-refractivity contribution in [1.29, 1.82) is 0 Å². The molecule has 1 saturated carbocycles. The van der Waals surface area contributed by atoms with Gasteiger partial charge in [-0.2, -0.15) is 5.10 Å². The highest BCUT2D eigenvalue weighted by Gasteiger charge is 2.40. The van der Waals surface area contributed by atoms with Gasteiger partial charge in [-0.05, 0) is 45.2 Å². The first-order valence-electron chi connectivity index (χ1n) is 11.2. The summed E-state index contributed by atoms with van der Waals surface area (Å²) in [7, 11) is 0. The number of likely N-dealkylation sites (tertiary alicyclic amines) is 2.